The highest BCUT2D eigenvalue weighted by Gasteiger charge is 2.56. The van der Waals surface area contributed by atoms with Gasteiger partial charge in [-0.25, -0.2) is 0 Å². The molecule has 16 heteroatoms. The van der Waals surface area contributed by atoms with Crippen molar-refractivity contribution in [2.75, 3.05) is 32.8 Å². The number of carbonyl (C=O) groups excluding carboxylic acids is 2. The van der Waals surface area contributed by atoms with E-state index < -0.39 is 57.2 Å². The van der Waals surface area contributed by atoms with Gasteiger partial charge in [0, 0.05) is 67.3 Å². The van der Waals surface area contributed by atoms with Crippen LogP contribution in [0.1, 0.15) is 84.7 Å². The Morgan fingerprint density at radius 1 is 1.06 bits per heavy atom. The molecule has 54 heavy (non-hydrogen) atoms. The SMILES string of the molecule is C=C(O)CCCOc1ccccc1C1(CO)CCN(C(=O)[C@]2(Oc3csc(C(F)(F)F)c3)CCCN(C(=O)c3cnccc3C(F)(F)F)[C@@H]2CCC)CC1. The molecule has 2 N–H and O–H groups in total. The number of piperidine rings is 2. The first-order valence-electron chi connectivity index (χ1n) is 17.7. The molecule has 0 bridgehead atoms. The van der Waals surface area contributed by atoms with Crippen molar-refractivity contribution in [1.82, 2.24) is 14.8 Å². The van der Waals surface area contributed by atoms with Crippen molar-refractivity contribution in [2.24, 2.45) is 0 Å². The third kappa shape index (κ3) is 8.64. The number of ether oxygens (including phenoxy) is 2. The standard InChI is InChI=1S/C38H43F6N3O6S/c1-3-8-31-36(53-26-21-32(54-23-26)38(42,43)44,13-7-17-47(31)33(50)27-22-45-16-12-28(27)37(39,40)41)34(51)46-18-14-35(24-48,15-19-46)29-10-4-5-11-30(29)52-20-6-9-25(2)49/h4-5,10-12,16,21-23,31,48-49H,2-3,6-9,13-15,17-20,24H2,1H3/t31-,36+/m1/s1. The maximum atomic E-state index is 15.0. The van der Waals surface area contributed by atoms with Gasteiger partial charge in [-0.3, -0.25) is 14.6 Å². The average Bonchev–Trinajstić information content (AvgIpc) is 3.63. The fourth-order valence-electron chi connectivity index (χ4n) is 7.51. The van der Waals surface area contributed by atoms with Crippen LogP contribution >= 0.6 is 11.3 Å². The Balaban J connectivity index is 1.49. The van der Waals surface area contributed by atoms with Crippen molar-refractivity contribution in [3.8, 4) is 11.5 Å². The Morgan fingerprint density at radius 3 is 2.41 bits per heavy atom. The van der Waals surface area contributed by atoms with Crippen LogP contribution in [-0.4, -0.2) is 81.3 Å². The largest absolute Gasteiger partial charge is 0.513 e. The van der Waals surface area contributed by atoms with E-state index in [0.717, 1.165) is 29.4 Å². The van der Waals surface area contributed by atoms with Crippen LogP contribution in [0.15, 0.2) is 66.5 Å². The molecule has 2 aromatic heterocycles. The van der Waals surface area contributed by atoms with Gasteiger partial charge in [0.2, 0.25) is 5.60 Å². The summed E-state index contributed by atoms with van der Waals surface area (Å²) in [6, 6.07) is 7.53. The molecule has 2 atom stereocenters. The summed E-state index contributed by atoms with van der Waals surface area (Å²) in [6.07, 6.45) is -5.89. The van der Waals surface area contributed by atoms with Crippen LogP contribution in [0.25, 0.3) is 0 Å². The minimum atomic E-state index is -4.89. The van der Waals surface area contributed by atoms with Crippen molar-refractivity contribution >= 4 is 23.2 Å². The molecule has 3 aromatic rings. The van der Waals surface area contributed by atoms with E-state index in [4.69, 9.17) is 9.47 Å². The molecule has 0 aliphatic carbocycles. The maximum Gasteiger partial charge on any atom is 0.425 e. The Hall–Kier alpha value is -4.31. The number of aliphatic hydroxyl groups excluding tert-OH is 2. The predicted octanol–water partition coefficient (Wildman–Crippen LogP) is 8.19. The van der Waals surface area contributed by atoms with E-state index in [9.17, 15) is 46.1 Å². The smallest absolute Gasteiger partial charge is 0.425 e. The number of pyridine rings is 1. The van der Waals surface area contributed by atoms with Gasteiger partial charge in [0.25, 0.3) is 11.8 Å². The second-order valence-corrected chi connectivity index (χ2v) is 14.6. The number of nitrogens with zero attached hydrogens (tertiary/aromatic N) is 3. The quantitative estimate of drug-likeness (QED) is 0.102. The molecule has 0 saturated carbocycles. The van der Waals surface area contributed by atoms with E-state index >= 15 is 0 Å². The van der Waals surface area contributed by atoms with Crippen molar-refractivity contribution in [2.45, 2.75) is 87.7 Å². The van der Waals surface area contributed by atoms with E-state index in [2.05, 4.69) is 11.6 Å². The van der Waals surface area contributed by atoms with Gasteiger partial charge in [0.1, 0.15) is 16.4 Å². The summed E-state index contributed by atoms with van der Waals surface area (Å²) in [5, 5.41) is 21.4. The predicted molar refractivity (Wildman–Crippen MR) is 188 cm³/mol. The number of amides is 2. The monoisotopic (exact) mass is 783 g/mol. The lowest BCUT2D eigenvalue weighted by Crippen LogP contribution is -2.68. The molecular formula is C38H43F6N3O6S. The van der Waals surface area contributed by atoms with Gasteiger partial charge in [0.15, 0.2) is 0 Å². The minimum absolute atomic E-state index is 0.0186. The van der Waals surface area contributed by atoms with Crippen molar-refractivity contribution in [3.63, 3.8) is 0 Å². The van der Waals surface area contributed by atoms with Gasteiger partial charge in [-0.2, -0.15) is 26.3 Å². The first-order valence-corrected chi connectivity index (χ1v) is 18.6. The number of para-hydroxylation sites is 1. The number of hydrogen-bond acceptors (Lipinski definition) is 8. The van der Waals surface area contributed by atoms with Crippen LogP contribution in [0.4, 0.5) is 26.3 Å². The molecule has 5 rings (SSSR count). The highest BCUT2D eigenvalue weighted by molar-refractivity contribution is 7.10. The third-order valence-corrected chi connectivity index (χ3v) is 11.1. The number of thiophene rings is 1. The van der Waals surface area contributed by atoms with Crippen LogP contribution in [0.5, 0.6) is 11.5 Å². The Morgan fingerprint density at radius 2 is 1.78 bits per heavy atom. The number of likely N-dealkylation sites (tertiary alicyclic amines) is 2. The number of carbonyl (C=O) groups is 2. The van der Waals surface area contributed by atoms with Gasteiger partial charge in [-0.1, -0.05) is 38.1 Å². The second-order valence-electron chi connectivity index (χ2n) is 13.7. The Kier molecular flexibility index (Phi) is 12.6. The number of allylic oxidation sites excluding steroid dienone is 1. The zero-order valence-corrected chi connectivity index (χ0v) is 30.5. The maximum absolute atomic E-state index is 15.0. The van der Waals surface area contributed by atoms with E-state index in [1.807, 2.05) is 6.07 Å². The Bertz CT molecular complexity index is 1790. The molecule has 2 amide bonds. The average molecular weight is 784 g/mol. The molecule has 2 fully saturated rings. The van der Waals surface area contributed by atoms with Crippen molar-refractivity contribution in [3.05, 3.63) is 88.1 Å². The number of hydrogen-bond donors (Lipinski definition) is 2. The van der Waals surface area contributed by atoms with E-state index in [-0.39, 0.29) is 76.5 Å². The van der Waals surface area contributed by atoms with Crippen molar-refractivity contribution in [1.29, 1.82) is 0 Å². The molecule has 294 valence electrons. The topological polar surface area (TPSA) is 112 Å². The number of aliphatic hydroxyl groups is 2. The molecule has 0 spiro atoms. The second kappa shape index (κ2) is 16.6. The summed E-state index contributed by atoms with van der Waals surface area (Å²) in [7, 11) is 0. The highest BCUT2D eigenvalue weighted by Crippen LogP contribution is 2.45. The lowest BCUT2D eigenvalue weighted by Gasteiger charge is -2.51. The van der Waals surface area contributed by atoms with Gasteiger partial charge in [-0.15, -0.1) is 11.3 Å². The first-order chi connectivity index (χ1) is 25.6. The zero-order valence-electron chi connectivity index (χ0n) is 29.7. The highest BCUT2D eigenvalue weighted by atomic mass is 32.1. The number of benzene rings is 1. The Labute approximate surface area is 313 Å². The van der Waals surface area contributed by atoms with E-state index in [1.54, 1.807) is 25.1 Å². The number of aromatic nitrogens is 1. The van der Waals surface area contributed by atoms with Crippen LogP contribution in [0, 0.1) is 0 Å². The summed E-state index contributed by atoms with van der Waals surface area (Å²) in [5.74, 6) is -1.31. The number of halogens is 6. The molecular weight excluding hydrogens is 740 g/mol. The normalized spacial score (nSPS) is 20.4. The molecule has 4 heterocycles. The summed E-state index contributed by atoms with van der Waals surface area (Å²) in [5.41, 5.74) is -3.97. The summed E-state index contributed by atoms with van der Waals surface area (Å²) >= 11 is 0.379. The van der Waals surface area contributed by atoms with Crippen molar-refractivity contribution < 1.29 is 55.6 Å². The summed E-state index contributed by atoms with van der Waals surface area (Å²) in [4.78, 5) is 34.5. The van der Waals surface area contributed by atoms with Crippen LogP contribution in [-0.2, 0) is 22.6 Å². The molecule has 0 radical (unpaired) electrons. The lowest BCUT2D eigenvalue weighted by molar-refractivity contribution is -0.161. The van der Waals surface area contributed by atoms with Crippen LogP contribution in [0.2, 0.25) is 0 Å². The van der Waals surface area contributed by atoms with Gasteiger partial charge >= 0.3 is 12.4 Å². The fraction of sp³-hybridized carbons (Fsp3) is 0.500. The van der Waals surface area contributed by atoms with Gasteiger partial charge < -0.3 is 29.5 Å². The molecule has 9 nitrogen and oxygen atoms in total. The number of rotatable bonds is 13. The fourth-order valence-corrected chi connectivity index (χ4v) is 8.19. The van der Waals surface area contributed by atoms with E-state index in [1.165, 1.54) is 9.80 Å². The van der Waals surface area contributed by atoms with E-state index in [0.29, 0.717) is 42.4 Å². The molecule has 2 saturated heterocycles. The number of alkyl halides is 6. The molecule has 2 aliphatic rings. The third-order valence-electron chi connectivity index (χ3n) is 10.2. The minimum Gasteiger partial charge on any atom is -0.513 e. The molecule has 2 aliphatic heterocycles. The summed E-state index contributed by atoms with van der Waals surface area (Å²) < 4.78 is 95.7. The lowest BCUT2D eigenvalue weighted by atomic mass is 9.72. The van der Waals surface area contributed by atoms with Gasteiger partial charge in [0.05, 0.1) is 36.1 Å². The molecule has 0 unspecified atom stereocenters. The first kappa shape index (κ1) is 40.9. The summed E-state index contributed by atoms with van der Waals surface area (Å²) in [6.45, 7) is 5.39. The molecule has 1 aromatic carbocycles. The van der Waals surface area contributed by atoms with Crippen LogP contribution < -0.4 is 9.47 Å². The zero-order chi connectivity index (χ0) is 39.3. The van der Waals surface area contributed by atoms with Crippen LogP contribution in [0.3, 0.4) is 0 Å². The van der Waals surface area contributed by atoms with Gasteiger partial charge in [-0.05, 0) is 44.2 Å².